The normalized spacial score (nSPS) is 18.9. The van der Waals surface area contributed by atoms with Crippen molar-refractivity contribution in [3.63, 3.8) is 0 Å². The van der Waals surface area contributed by atoms with E-state index < -0.39 is 0 Å². The first kappa shape index (κ1) is 17.4. The molecule has 0 aromatic heterocycles. The maximum Gasteiger partial charge on any atom is 0.220 e. The molecule has 0 saturated carbocycles. The molecule has 1 fully saturated rings. The molecule has 1 heterocycles. The largest absolute Gasteiger partial charge is 0.355 e. The van der Waals surface area contributed by atoms with Crippen molar-refractivity contribution < 1.29 is 4.79 Å². The first-order valence-corrected chi connectivity index (χ1v) is 8.03. The predicted octanol–water partition coefficient (Wildman–Crippen LogP) is 0.648. The van der Waals surface area contributed by atoms with Crippen LogP contribution in [0, 0.1) is 0 Å². The Bertz CT molecular complexity index is 265. The van der Waals surface area contributed by atoms with E-state index in [1.807, 2.05) is 0 Å². The molecule has 0 aliphatic carbocycles. The van der Waals surface area contributed by atoms with Gasteiger partial charge in [-0.15, -0.1) is 0 Å². The molecule has 0 aromatic carbocycles. The van der Waals surface area contributed by atoms with Gasteiger partial charge in [-0.3, -0.25) is 9.69 Å². The molecule has 1 aliphatic heterocycles. The Labute approximate surface area is 123 Å². The maximum absolute atomic E-state index is 11.8. The molecule has 0 aromatic rings. The molecule has 0 bridgehead atoms. The number of hydrogen-bond donors (Lipinski definition) is 2. The van der Waals surface area contributed by atoms with Crippen molar-refractivity contribution in [2.24, 2.45) is 5.73 Å². The summed E-state index contributed by atoms with van der Waals surface area (Å²) < 4.78 is 0. The Morgan fingerprint density at radius 3 is 2.45 bits per heavy atom. The highest BCUT2D eigenvalue weighted by atomic mass is 16.1. The van der Waals surface area contributed by atoms with Crippen LogP contribution in [-0.4, -0.2) is 68.1 Å². The lowest BCUT2D eigenvalue weighted by Crippen LogP contribution is -2.51. The number of unbranched alkanes of at least 4 members (excludes halogenated alkanes) is 3. The van der Waals surface area contributed by atoms with Crippen LogP contribution in [0.25, 0.3) is 0 Å². The summed E-state index contributed by atoms with van der Waals surface area (Å²) in [6, 6.07) is 0.435. The smallest absolute Gasteiger partial charge is 0.220 e. The first-order valence-electron chi connectivity index (χ1n) is 8.03. The molecule has 0 spiro atoms. The molecular formula is C15H32N4O. The van der Waals surface area contributed by atoms with E-state index >= 15 is 0 Å². The number of hydrogen-bond acceptors (Lipinski definition) is 4. The number of nitrogens with one attached hydrogen (secondary N) is 1. The molecule has 1 unspecified atom stereocenters. The average molecular weight is 284 g/mol. The molecule has 5 heteroatoms. The standard InChI is InChI=1S/C15H32N4O/c1-14(19-11-9-18(2)10-12-19)13-17-15(20)7-5-3-4-6-8-16/h14H,3-13,16H2,1-2H3,(H,17,20). The monoisotopic (exact) mass is 284 g/mol. The SMILES string of the molecule is CC(CNC(=O)CCCCCCN)N1CCN(C)CC1. The average Bonchev–Trinajstić information content (AvgIpc) is 2.45. The topological polar surface area (TPSA) is 61.6 Å². The minimum atomic E-state index is 0.193. The molecule has 1 saturated heterocycles. The summed E-state index contributed by atoms with van der Waals surface area (Å²) in [5, 5.41) is 3.06. The summed E-state index contributed by atoms with van der Waals surface area (Å²) in [7, 11) is 2.16. The summed E-state index contributed by atoms with van der Waals surface area (Å²) in [5.41, 5.74) is 5.44. The lowest BCUT2D eigenvalue weighted by atomic mass is 10.1. The van der Waals surface area contributed by atoms with Crippen LogP contribution in [0.2, 0.25) is 0 Å². The van der Waals surface area contributed by atoms with Gasteiger partial charge in [0.05, 0.1) is 0 Å². The fourth-order valence-corrected chi connectivity index (χ4v) is 2.53. The molecule has 3 N–H and O–H groups in total. The molecule has 1 aliphatic rings. The van der Waals surface area contributed by atoms with Crippen molar-refractivity contribution in [1.29, 1.82) is 0 Å². The fourth-order valence-electron chi connectivity index (χ4n) is 2.53. The summed E-state index contributed by atoms with van der Waals surface area (Å²) in [6.07, 6.45) is 4.96. The molecule has 0 radical (unpaired) electrons. The van der Waals surface area contributed by atoms with Crippen molar-refractivity contribution in [3.8, 4) is 0 Å². The van der Waals surface area contributed by atoms with E-state index in [0.717, 1.165) is 65.0 Å². The Morgan fingerprint density at radius 1 is 1.15 bits per heavy atom. The first-order chi connectivity index (χ1) is 9.63. The number of nitrogens with two attached hydrogens (primary N) is 1. The van der Waals surface area contributed by atoms with Gasteiger partial charge in [0.2, 0.25) is 5.91 Å². The van der Waals surface area contributed by atoms with Gasteiger partial charge in [0.25, 0.3) is 0 Å². The summed E-state index contributed by atoms with van der Waals surface area (Å²) >= 11 is 0. The van der Waals surface area contributed by atoms with E-state index in [1.54, 1.807) is 0 Å². The number of carbonyl (C=O) groups excluding carboxylic acids is 1. The van der Waals surface area contributed by atoms with Crippen molar-refractivity contribution >= 4 is 5.91 Å². The second-order valence-corrected chi connectivity index (χ2v) is 5.95. The molecule has 118 valence electrons. The minimum absolute atomic E-state index is 0.193. The second kappa shape index (κ2) is 10.1. The van der Waals surface area contributed by atoms with Crippen LogP contribution in [0.3, 0.4) is 0 Å². The van der Waals surface area contributed by atoms with E-state index in [0.29, 0.717) is 12.5 Å². The van der Waals surface area contributed by atoms with Gasteiger partial charge in [0.15, 0.2) is 0 Å². The summed E-state index contributed by atoms with van der Waals surface area (Å²) in [4.78, 5) is 16.6. The Hall–Kier alpha value is -0.650. The van der Waals surface area contributed by atoms with E-state index in [-0.39, 0.29) is 5.91 Å². The summed E-state index contributed by atoms with van der Waals surface area (Å²) in [6.45, 7) is 8.19. The Morgan fingerprint density at radius 2 is 1.80 bits per heavy atom. The van der Waals surface area contributed by atoms with Crippen LogP contribution in [0.4, 0.5) is 0 Å². The number of likely N-dealkylation sites (N-methyl/N-ethyl adjacent to an activating group) is 1. The van der Waals surface area contributed by atoms with Gasteiger partial charge in [0.1, 0.15) is 0 Å². The molecule has 5 nitrogen and oxygen atoms in total. The van der Waals surface area contributed by atoms with Gasteiger partial charge in [-0.1, -0.05) is 12.8 Å². The van der Waals surface area contributed by atoms with Crippen molar-refractivity contribution in [3.05, 3.63) is 0 Å². The Kier molecular flexibility index (Phi) is 8.82. The lowest BCUT2D eigenvalue weighted by Gasteiger charge is -2.36. The van der Waals surface area contributed by atoms with E-state index in [4.69, 9.17) is 5.73 Å². The van der Waals surface area contributed by atoms with Crippen LogP contribution in [0.15, 0.2) is 0 Å². The van der Waals surface area contributed by atoms with E-state index in [2.05, 4.69) is 29.1 Å². The predicted molar refractivity (Wildman–Crippen MR) is 83.7 cm³/mol. The third kappa shape index (κ3) is 7.22. The second-order valence-electron chi connectivity index (χ2n) is 5.95. The molecule has 20 heavy (non-hydrogen) atoms. The van der Waals surface area contributed by atoms with Crippen molar-refractivity contribution in [2.75, 3.05) is 46.3 Å². The van der Waals surface area contributed by atoms with Gasteiger partial charge in [-0.05, 0) is 33.4 Å². The zero-order valence-electron chi connectivity index (χ0n) is 13.2. The lowest BCUT2D eigenvalue weighted by molar-refractivity contribution is -0.121. The van der Waals surface area contributed by atoms with Gasteiger partial charge < -0.3 is 16.0 Å². The molecule has 1 atom stereocenters. The van der Waals surface area contributed by atoms with Gasteiger partial charge in [-0.2, -0.15) is 0 Å². The summed E-state index contributed by atoms with van der Waals surface area (Å²) in [5.74, 6) is 0.193. The number of piperazine rings is 1. The Balaban J connectivity index is 2.05. The van der Waals surface area contributed by atoms with Crippen LogP contribution in [-0.2, 0) is 4.79 Å². The van der Waals surface area contributed by atoms with E-state index in [1.165, 1.54) is 0 Å². The molecular weight excluding hydrogens is 252 g/mol. The number of amides is 1. The van der Waals surface area contributed by atoms with Crippen LogP contribution < -0.4 is 11.1 Å². The zero-order valence-corrected chi connectivity index (χ0v) is 13.2. The zero-order chi connectivity index (χ0) is 14.8. The molecule has 1 amide bonds. The van der Waals surface area contributed by atoms with Gasteiger partial charge >= 0.3 is 0 Å². The molecule has 1 rings (SSSR count). The number of carbonyl (C=O) groups is 1. The minimum Gasteiger partial charge on any atom is -0.355 e. The van der Waals surface area contributed by atoms with Crippen LogP contribution >= 0.6 is 0 Å². The highest BCUT2D eigenvalue weighted by molar-refractivity contribution is 5.75. The van der Waals surface area contributed by atoms with Crippen molar-refractivity contribution in [2.45, 2.75) is 45.1 Å². The third-order valence-electron chi connectivity index (χ3n) is 4.11. The maximum atomic E-state index is 11.8. The highest BCUT2D eigenvalue weighted by Gasteiger charge is 2.19. The van der Waals surface area contributed by atoms with Crippen LogP contribution in [0.1, 0.15) is 39.0 Å². The van der Waals surface area contributed by atoms with Gasteiger partial charge in [0, 0.05) is 45.2 Å². The fraction of sp³-hybridized carbons (Fsp3) is 0.933. The van der Waals surface area contributed by atoms with Crippen LogP contribution in [0.5, 0.6) is 0 Å². The van der Waals surface area contributed by atoms with Gasteiger partial charge in [-0.25, -0.2) is 0 Å². The number of rotatable bonds is 9. The van der Waals surface area contributed by atoms with Crippen molar-refractivity contribution in [1.82, 2.24) is 15.1 Å². The highest BCUT2D eigenvalue weighted by Crippen LogP contribution is 2.05. The van der Waals surface area contributed by atoms with E-state index in [9.17, 15) is 4.79 Å². The quantitative estimate of drug-likeness (QED) is 0.610. The number of nitrogens with zero attached hydrogens (tertiary/aromatic N) is 2. The third-order valence-corrected chi connectivity index (χ3v) is 4.11.